The number of benzene rings is 1. The summed E-state index contributed by atoms with van der Waals surface area (Å²) in [7, 11) is 3.68. The van der Waals surface area contributed by atoms with Crippen LogP contribution in [0.25, 0.3) is 0 Å². The summed E-state index contributed by atoms with van der Waals surface area (Å²) in [5.41, 5.74) is 3.14. The molecule has 4 rings (SSSR count). The van der Waals surface area contributed by atoms with E-state index in [0.717, 1.165) is 18.7 Å². The number of fused-ring (bicyclic) bond motifs is 1. The highest BCUT2D eigenvalue weighted by Gasteiger charge is 2.62. The zero-order valence-electron chi connectivity index (χ0n) is 13.1. The number of hydrogen-bond acceptors (Lipinski definition) is 3. The number of nitrogens with one attached hydrogen (secondary N) is 1. The molecular formula is C18H25NO2. The molecule has 1 N–H and O–H groups in total. The molecule has 3 atom stereocenters. The monoisotopic (exact) mass is 287 g/mol. The van der Waals surface area contributed by atoms with Crippen LogP contribution in [0.3, 0.4) is 0 Å². The summed E-state index contributed by atoms with van der Waals surface area (Å²) in [5, 5.41) is 3.75. The van der Waals surface area contributed by atoms with Gasteiger partial charge in [-0.25, -0.2) is 0 Å². The normalized spacial score (nSPS) is 37.5. The van der Waals surface area contributed by atoms with Crippen molar-refractivity contribution in [2.75, 3.05) is 20.8 Å². The van der Waals surface area contributed by atoms with Crippen molar-refractivity contribution in [3.8, 4) is 5.75 Å². The average molecular weight is 287 g/mol. The molecule has 0 aromatic heterocycles. The van der Waals surface area contributed by atoms with Crippen LogP contribution in [0.5, 0.6) is 5.75 Å². The van der Waals surface area contributed by atoms with E-state index in [2.05, 4.69) is 23.5 Å². The maximum Gasteiger partial charge on any atom is 0.119 e. The number of hydrogen-bond donors (Lipinski definition) is 1. The fourth-order valence-corrected chi connectivity index (χ4v) is 5.43. The minimum Gasteiger partial charge on any atom is -0.497 e. The van der Waals surface area contributed by atoms with Gasteiger partial charge in [-0.15, -0.1) is 0 Å². The third-order valence-corrected chi connectivity index (χ3v) is 6.34. The molecule has 3 aliphatic rings. The molecule has 21 heavy (non-hydrogen) atoms. The van der Waals surface area contributed by atoms with Crippen molar-refractivity contribution in [3.05, 3.63) is 29.3 Å². The molecule has 1 unspecified atom stereocenters. The summed E-state index contributed by atoms with van der Waals surface area (Å²) >= 11 is 0. The van der Waals surface area contributed by atoms with Gasteiger partial charge in [-0.2, -0.15) is 0 Å². The van der Waals surface area contributed by atoms with Crippen molar-refractivity contribution in [1.29, 1.82) is 0 Å². The molecule has 1 saturated carbocycles. The van der Waals surface area contributed by atoms with E-state index in [-0.39, 0.29) is 11.0 Å². The maximum absolute atomic E-state index is 6.27. The van der Waals surface area contributed by atoms with Crippen molar-refractivity contribution < 1.29 is 9.47 Å². The summed E-state index contributed by atoms with van der Waals surface area (Å²) in [6.07, 6.45) is 7.28. The smallest absolute Gasteiger partial charge is 0.119 e. The van der Waals surface area contributed by atoms with Crippen molar-refractivity contribution in [1.82, 2.24) is 5.32 Å². The third kappa shape index (κ3) is 1.62. The van der Waals surface area contributed by atoms with Crippen LogP contribution in [-0.4, -0.2) is 32.4 Å². The lowest BCUT2D eigenvalue weighted by atomic mass is 9.50. The molecule has 1 aliphatic heterocycles. The Morgan fingerprint density at radius 3 is 2.81 bits per heavy atom. The second-order valence-corrected chi connectivity index (χ2v) is 6.87. The van der Waals surface area contributed by atoms with Gasteiger partial charge >= 0.3 is 0 Å². The van der Waals surface area contributed by atoms with E-state index in [4.69, 9.17) is 9.47 Å². The summed E-state index contributed by atoms with van der Waals surface area (Å²) in [6, 6.07) is 7.12. The van der Waals surface area contributed by atoms with Gasteiger partial charge in [-0.3, -0.25) is 0 Å². The Morgan fingerprint density at radius 2 is 2.00 bits per heavy atom. The quantitative estimate of drug-likeness (QED) is 0.907. The molecule has 1 aromatic carbocycles. The summed E-state index contributed by atoms with van der Waals surface area (Å²) in [5.74, 6) is 0.982. The first kappa shape index (κ1) is 13.6. The molecule has 2 bridgehead atoms. The largest absolute Gasteiger partial charge is 0.497 e. The Kier molecular flexibility index (Phi) is 3.05. The van der Waals surface area contributed by atoms with Gasteiger partial charge in [0.1, 0.15) is 5.75 Å². The van der Waals surface area contributed by atoms with Crippen LogP contribution in [0.2, 0.25) is 0 Å². The Labute approximate surface area is 127 Å². The van der Waals surface area contributed by atoms with Gasteiger partial charge in [0.2, 0.25) is 0 Å². The topological polar surface area (TPSA) is 30.5 Å². The standard InChI is InChI=1S/C18H25NO2/c1-20-14-6-5-13-11-16-18(21-2)8-4-3-7-17(18,9-10-19-16)15(13)12-14/h5-6,12,16,19H,3-4,7-11H2,1-2H3/t16-,17+,18?/m1/s1. The van der Waals surface area contributed by atoms with E-state index in [1.54, 1.807) is 7.11 Å². The van der Waals surface area contributed by atoms with Gasteiger partial charge in [0.15, 0.2) is 0 Å². The van der Waals surface area contributed by atoms with Gasteiger partial charge in [0.25, 0.3) is 0 Å². The molecule has 1 saturated heterocycles. The highest BCUT2D eigenvalue weighted by molar-refractivity contribution is 5.48. The van der Waals surface area contributed by atoms with Crippen LogP contribution in [0.1, 0.15) is 43.2 Å². The lowest BCUT2D eigenvalue weighted by Crippen LogP contribution is -2.72. The fourth-order valence-electron chi connectivity index (χ4n) is 5.43. The van der Waals surface area contributed by atoms with Gasteiger partial charge in [0, 0.05) is 18.6 Å². The van der Waals surface area contributed by atoms with Crippen LogP contribution in [0, 0.1) is 0 Å². The molecular weight excluding hydrogens is 262 g/mol. The molecule has 2 fully saturated rings. The summed E-state index contributed by atoms with van der Waals surface area (Å²) in [6.45, 7) is 1.10. The van der Waals surface area contributed by atoms with Crippen LogP contribution < -0.4 is 10.1 Å². The summed E-state index contributed by atoms with van der Waals surface area (Å²) < 4.78 is 11.8. The SMILES string of the molecule is COc1ccc2c(c1)[C@@]13CCCCC1(OC)[C@@H](C2)NCC3. The van der Waals surface area contributed by atoms with E-state index in [0.29, 0.717) is 6.04 Å². The predicted molar refractivity (Wildman–Crippen MR) is 83.0 cm³/mol. The molecule has 0 amide bonds. The minimum atomic E-state index is -0.0249. The maximum atomic E-state index is 6.27. The van der Waals surface area contributed by atoms with Crippen LogP contribution in [-0.2, 0) is 16.6 Å². The van der Waals surface area contributed by atoms with E-state index < -0.39 is 0 Å². The molecule has 3 heteroatoms. The van der Waals surface area contributed by atoms with Crippen molar-refractivity contribution in [3.63, 3.8) is 0 Å². The minimum absolute atomic E-state index is 0.0249. The Balaban J connectivity index is 1.94. The number of methoxy groups -OCH3 is 2. The molecule has 2 aliphatic carbocycles. The number of piperidine rings is 1. The zero-order chi connectivity index (χ0) is 14.5. The summed E-state index contributed by atoms with van der Waals surface area (Å²) in [4.78, 5) is 0. The lowest BCUT2D eigenvalue weighted by molar-refractivity contribution is -0.149. The highest BCUT2D eigenvalue weighted by atomic mass is 16.5. The second kappa shape index (κ2) is 4.72. The molecule has 0 spiro atoms. The first-order chi connectivity index (χ1) is 10.3. The second-order valence-electron chi connectivity index (χ2n) is 6.87. The van der Waals surface area contributed by atoms with Gasteiger partial charge in [-0.1, -0.05) is 18.9 Å². The molecule has 0 radical (unpaired) electrons. The Morgan fingerprint density at radius 1 is 1.14 bits per heavy atom. The van der Waals surface area contributed by atoms with Crippen molar-refractivity contribution >= 4 is 0 Å². The van der Waals surface area contributed by atoms with E-state index in [9.17, 15) is 0 Å². The van der Waals surface area contributed by atoms with E-state index in [1.165, 1.54) is 43.2 Å². The van der Waals surface area contributed by atoms with E-state index in [1.807, 2.05) is 7.11 Å². The fraction of sp³-hybridized carbons (Fsp3) is 0.667. The van der Waals surface area contributed by atoms with Crippen molar-refractivity contribution in [2.24, 2.45) is 0 Å². The number of ether oxygens (including phenoxy) is 2. The molecule has 1 aromatic rings. The number of rotatable bonds is 2. The van der Waals surface area contributed by atoms with Crippen LogP contribution >= 0.6 is 0 Å². The van der Waals surface area contributed by atoms with E-state index >= 15 is 0 Å². The molecule has 1 heterocycles. The van der Waals surface area contributed by atoms with Crippen molar-refractivity contribution in [2.45, 2.75) is 55.6 Å². The molecule has 114 valence electrons. The molecule has 3 nitrogen and oxygen atoms in total. The Bertz CT molecular complexity index is 554. The van der Waals surface area contributed by atoms with Crippen LogP contribution in [0.4, 0.5) is 0 Å². The first-order valence-electron chi connectivity index (χ1n) is 8.22. The van der Waals surface area contributed by atoms with Crippen LogP contribution in [0.15, 0.2) is 18.2 Å². The lowest BCUT2D eigenvalue weighted by Gasteiger charge is -2.62. The Hall–Kier alpha value is -1.06. The first-order valence-corrected chi connectivity index (χ1v) is 8.22. The zero-order valence-corrected chi connectivity index (χ0v) is 13.1. The predicted octanol–water partition coefficient (Wildman–Crippen LogP) is 2.81. The highest BCUT2D eigenvalue weighted by Crippen LogP contribution is 2.58. The third-order valence-electron chi connectivity index (χ3n) is 6.34. The van der Waals surface area contributed by atoms with Gasteiger partial charge < -0.3 is 14.8 Å². The average Bonchev–Trinajstić information content (AvgIpc) is 2.54. The van der Waals surface area contributed by atoms with Gasteiger partial charge in [0.05, 0.1) is 12.7 Å². The van der Waals surface area contributed by atoms with Gasteiger partial charge in [-0.05, 0) is 55.5 Å².